The number of pyridine rings is 2. The number of rotatable bonds is 5. The van der Waals surface area contributed by atoms with E-state index >= 15 is 0 Å². The van der Waals surface area contributed by atoms with Gasteiger partial charge in [-0.2, -0.15) is 0 Å². The Morgan fingerprint density at radius 2 is 1.93 bits per heavy atom. The number of nitrogens with zero attached hydrogens (tertiary/aromatic N) is 2. The summed E-state index contributed by atoms with van der Waals surface area (Å²) in [5.41, 5.74) is 2.68. The van der Waals surface area contributed by atoms with Gasteiger partial charge < -0.3 is 14.3 Å². The number of fused-ring (bicyclic) bond motifs is 1. The van der Waals surface area contributed by atoms with E-state index in [0.717, 1.165) is 16.5 Å². The largest absolute Gasteiger partial charge is 0.467 e. The predicted octanol–water partition coefficient (Wildman–Crippen LogP) is 3.67. The zero-order valence-corrected chi connectivity index (χ0v) is 15.4. The van der Waals surface area contributed by atoms with Crippen molar-refractivity contribution in [3.63, 3.8) is 0 Å². The summed E-state index contributed by atoms with van der Waals surface area (Å²) >= 11 is 0. The summed E-state index contributed by atoms with van der Waals surface area (Å²) in [6.45, 7) is 2.41. The summed E-state index contributed by atoms with van der Waals surface area (Å²) in [6.07, 6.45) is 4.71. The molecular weight excluding hydrogens is 354 g/mol. The molecule has 0 atom stereocenters. The minimum absolute atomic E-state index is 0.168. The van der Waals surface area contributed by atoms with E-state index in [-0.39, 0.29) is 24.6 Å². The monoisotopic (exact) mass is 373 g/mol. The Bertz CT molecular complexity index is 1160. The Morgan fingerprint density at radius 3 is 2.68 bits per heavy atom. The molecule has 140 valence electrons. The van der Waals surface area contributed by atoms with E-state index in [4.69, 9.17) is 4.42 Å². The maximum absolute atomic E-state index is 13.0. The molecular formula is C22H19N3O3. The maximum atomic E-state index is 13.0. The molecule has 0 aliphatic rings. The maximum Gasteiger partial charge on any atom is 0.254 e. The van der Waals surface area contributed by atoms with Crippen LogP contribution in [0.1, 0.15) is 27.2 Å². The summed E-state index contributed by atoms with van der Waals surface area (Å²) in [5.74, 6) is 0.456. The number of hydrogen-bond donors (Lipinski definition) is 1. The van der Waals surface area contributed by atoms with Crippen LogP contribution in [0.5, 0.6) is 0 Å². The normalized spacial score (nSPS) is 10.9. The summed E-state index contributed by atoms with van der Waals surface area (Å²) in [5, 5.41) is 0.925. The number of hydrogen-bond acceptors (Lipinski definition) is 4. The second-order valence-electron chi connectivity index (χ2n) is 6.69. The van der Waals surface area contributed by atoms with Gasteiger partial charge in [0.1, 0.15) is 5.76 Å². The van der Waals surface area contributed by atoms with Gasteiger partial charge in [0.05, 0.1) is 19.4 Å². The molecule has 28 heavy (non-hydrogen) atoms. The Morgan fingerprint density at radius 1 is 1.11 bits per heavy atom. The summed E-state index contributed by atoms with van der Waals surface area (Å²) in [7, 11) is 0. The van der Waals surface area contributed by atoms with Crippen LogP contribution in [-0.2, 0) is 13.1 Å². The van der Waals surface area contributed by atoms with Gasteiger partial charge in [0, 0.05) is 29.0 Å². The van der Waals surface area contributed by atoms with E-state index in [9.17, 15) is 9.59 Å². The standard InChI is InChI=1S/C22H19N3O3/c1-15-4-5-17-12-18(21(26)24-20(17)11-15)13-25(14-19-3-2-10-28-19)22(27)16-6-8-23-9-7-16/h2-12H,13-14H2,1H3,(H,24,26). The number of H-pyrrole nitrogens is 1. The van der Waals surface area contributed by atoms with Crippen molar-refractivity contribution in [3.8, 4) is 0 Å². The number of benzene rings is 1. The minimum Gasteiger partial charge on any atom is -0.467 e. The van der Waals surface area contributed by atoms with Gasteiger partial charge in [0.2, 0.25) is 0 Å². The Kier molecular flexibility index (Phi) is 4.76. The highest BCUT2D eigenvalue weighted by molar-refractivity contribution is 5.94. The van der Waals surface area contributed by atoms with Crippen LogP contribution >= 0.6 is 0 Å². The second-order valence-corrected chi connectivity index (χ2v) is 6.69. The molecule has 0 fully saturated rings. The van der Waals surface area contributed by atoms with Crippen LogP contribution in [-0.4, -0.2) is 20.8 Å². The first kappa shape index (κ1) is 17.7. The molecule has 6 nitrogen and oxygen atoms in total. The molecule has 0 saturated carbocycles. The third-order valence-corrected chi connectivity index (χ3v) is 4.58. The van der Waals surface area contributed by atoms with Crippen LogP contribution in [0, 0.1) is 6.92 Å². The summed E-state index contributed by atoms with van der Waals surface area (Å²) in [6, 6.07) is 14.6. The van der Waals surface area contributed by atoms with E-state index in [1.807, 2.05) is 31.2 Å². The molecule has 0 aliphatic carbocycles. The Hall–Kier alpha value is -3.67. The van der Waals surface area contributed by atoms with Gasteiger partial charge in [-0.05, 0) is 54.3 Å². The zero-order valence-electron chi connectivity index (χ0n) is 15.4. The number of amides is 1. The quantitative estimate of drug-likeness (QED) is 0.579. The van der Waals surface area contributed by atoms with Gasteiger partial charge in [-0.15, -0.1) is 0 Å². The summed E-state index contributed by atoms with van der Waals surface area (Å²) in [4.78, 5) is 34.1. The second kappa shape index (κ2) is 7.52. The van der Waals surface area contributed by atoms with Gasteiger partial charge >= 0.3 is 0 Å². The Labute approximate surface area is 161 Å². The topological polar surface area (TPSA) is 79.2 Å². The smallest absolute Gasteiger partial charge is 0.254 e. The van der Waals surface area contributed by atoms with Crippen molar-refractivity contribution >= 4 is 16.8 Å². The fraction of sp³-hybridized carbons (Fsp3) is 0.136. The molecule has 6 heteroatoms. The molecule has 0 aliphatic heterocycles. The average Bonchev–Trinajstić information content (AvgIpc) is 3.21. The third-order valence-electron chi connectivity index (χ3n) is 4.58. The lowest BCUT2D eigenvalue weighted by atomic mass is 10.1. The molecule has 4 rings (SSSR count). The number of aromatic nitrogens is 2. The fourth-order valence-electron chi connectivity index (χ4n) is 3.15. The van der Waals surface area contributed by atoms with Crippen molar-refractivity contribution in [2.24, 2.45) is 0 Å². The minimum atomic E-state index is -0.204. The number of aryl methyl sites for hydroxylation is 1. The molecule has 4 aromatic rings. The van der Waals surface area contributed by atoms with E-state index in [1.54, 1.807) is 47.8 Å². The molecule has 0 bridgehead atoms. The number of carbonyl (C=O) groups excluding carboxylic acids is 1. The first-order valence-electron chi connectivity index (χ1n) is 8.94. The van der Waals surface area contributed by atoms with Gasteiger partial charge in [0.15, 0.2) is 0 Å². The number of carbonyl (C=O) groups is 1. The average molecular weight is 373 g/mol. The van der Waals surface area contributed by atoms with Crippen molar-refractivity contribution in [1.82, 2.24) is 14.9 Å². The molecule has 0 saturated heterocycles. The van der Waals surface area contributed by atoms with Gasteiger partial charge in [-0.3, -0.25) is 14.6 Å². The summed E-state index contributed by atoms with van der Waals surface area (Å²) < 4.78 is 5.41. The number of nitrogens with one attached hydrogen (secondary N) is 1. The van der Waals surface area contributed by atoms with Crippen LogP contribution in [0.25, 0.3) is 10.9 Å². The zero-order chi connectivity index (χ0) is 19.5. The molecule has 3 heterocycles. The lowest BCUT2D eigenvalue weighted by Crippen LogP contribution is -2.32. The van der Waals surface area contributed by atoms with Gasteiger partial charge in [0.25, 0.3) is 11.5 Å². The van der Waals surface area contributed by atoms with Gasteiger partial charge in [-0.1, -0.05) is 12.1 Å². The third kappa shape index (κ3) is 3.71. The first-order valence-corrected chi connectivity index (χ1v) is 8.94. The highest BCUT2D eigenvalue weighted by Crippen LogP contribution is 2.17. The van der Waals surface area contributed by atoms with E-state index in [0.29, 0.717) is 16.9 Å². The van der Waals surface area contributed by atoms with Crippen LogP contribution in [0.15, 0.2) is 76.4 Å². The fourth-order valence-corrected chi connectivity index (χ4v) is 3.15. The van der Waals surface area contributed by atoms with Gasteiger partial charge in [-0.25, -0.2) is 0 Å². The van der Waals surface area contributed by atoms with Crippen molar-refractivity contribution in [2.75, 3.05) is 0 Å². The molecule has 0 unspecified atom stereocenters. The molecule has 1 amide bonds. The number of furan rings is 1. The highest BCUT2D eigenvalue weighted by Gasteiger charge is 2.19. The van der Waals surface area contributed by atoms with Crippen molar-refractivity contribution in [1.29, 1.82) is 0 Å². The molecule has 1 N–H and O–H groups in total. The molecule has 3 aromatic heterocycles. The van der Waals surface area contributed by atoms with Crippen molar-refractivity contribution in [3.05, 3.63) is 100.0 Å². The predicted molar refractivity (Wildman–Crippen MR) is 106 cm³/mol. The molecule has 0 spiro atoms. The van der Waals surface area contributed by atoms with Crippen molar-refractivity contribution < 1.29 is 9.21 Å². The van der Waals surface area contributed by atoms with E-state index < -0.39 is 0 Å². The highest BCUT2D eigenvalue weighted by atomic mass is 16.3. The Balaban J connectivity index is 1.70. The lowest BCUT2D eigenvalue weighted by Gasteiger charge is -2.21. The SMILES string of the molecule is Cc1ccc2cc(CN(Cc3ccco3)C(=O)c3ccncc3)c(=O)[nH]c2c1. The molecule has 1 aromatic carbocycles. The molecule has 0 radical (unpaired) electrons. The van der Waals surface area contributed by atoms with E-state index in [1.165, 1.54) is 0 Å². The van der Waals surface area contributed by atoms with Crippen LogP contribution < -0.4 is 5.56 Å². The van der Waals surface area contributed by atoms with Crippen molar-refractivity contribution in [2.45, 2.75) is 20.0 Å². The van der Waals surface area contributed by atoms with Crippen LogP contribution in [0.4, 0.5) is 0 Å². The lowest BCUT2D eigenvalue weighted by molar-refractivity contribution is 0.0717. The van der Waals surface area contributed by atoms with E-state index in [2.05, 4.69) is 9.97 Å². The first-order chi connectivity index (χ1) is 13.6. The van der Waals surface area contributed by atoms with Crippen LogP contribution in [0.2, 0.25) is 0 Å². The number of aromatic amines is 1. The van der Waals surface area contributed by atoms with Crippen LogP contribution in [0.3, 0.4) is 0 Å².